The Morgan fingerprint density at radius 3 is 2.45 bits per heavy atom. The van der Waals surface area contributed by atoms with Crippen molar-refractivity contribution < 1.29 is 14.6 Å². The van der Waals surface area contributed by atoms with Crippen LogP contribution in [-0.2, 0) is 6.42 Å². The van der Waals surface area contributed by atoms with Gasteiger partial charge >= 0.3 is 0 Å². The van der Waals surface area contributed by atoms with Crippen molar-refractivity contribution in [3.8, 4) is 11.5 Å². The minimum Gasteiger partial charge on any atom is -0.489 e. The minimum absolute atomic E-state index is 0.101. The molecule has 1 N–H and O–H groups in total. The average molecular weight is 527 g/mol. The summed E-state index contributed by atoms with van der Waals surface area (Å²) in [6.07, 6.45) is 2.00. The van der Waals surface area contributed by atoms with Gasteiger partial charge in [0.1, 0.15) is 34.8 Å². The van der Waals surface area contributed by atoms with Gasteiger partial charge in [0.2, 0.25) is 0 Å². The normalized spacial score (nSPS) is 18.3. The van der Waals surface area contributed by atoms with Crippen molar-refractivity contribution in [2.75, 3.05) is 26.2 Å². The van der Waals surface area contributed by atoms with E-state index in [1.807, 2.05) is 42.5 Å². The number of halogens is 4. The van der Waals surface area contributed by atoms with Crippen molar-refractivity contribution in [2.24, 2.45) is 0 Å². The summed E-state index contributed by atoms with van der Waals surface area (Å²) in [5.74, 6) is 1.38. The molecule has 1 fully saturated rings. The van der Waals surface area contributed by atoms with Crippen LogP contribution < -0.4 is 9.47 Å². The monoisotopic (exact) mass is 525 g/mol. The molecule has 0 aliphatic carbocycles. The second-order valence-electron chi connectivity index (χ2n) is 8.80. The molecule has 3 aromatic carbocycles. The SMILES string of the molecule is OC(COc1c(Cl)c(Cl)c(Cl)c2ccccc12)CN1CCC2(CC1)Cc1cc(Cl)ccc1O2. The molecule has 0 radical (unpaired) electrons. The Balaban J connectivity index is 1.19. The van der Waals surface area contributed by atoms with Crippen molar-refractivity contribution in [3.05, 3.63) is 68.1 Å². The largest absolute Gasteiger partial charge is 0.489 e. The number of hydrogen-bond acceptors (Lipinski definition) is 4. The number of piperidine rings is 1. The van der Waals surface area contributed by atoms with E-state index in [1.165, 1.54) is 5.56 Å². The fourth-order valence-corrected chi connectivity index (χ4v) is 5.74. The van der Waals surface area contributed by atoms with E-state index in [1.54, 1.807) is 0 Å². The molecule has 33 heavy (non-hydrogen) atoms. The lowest BCUT2D eigenvalue weighted by Gasteiger charge is -2.39. The van der Waals surface area contributed by atoms with Gasteiger partial charge in [-0.2, -0.15) is 0 Å². The summed E-state index contributed by atoms with van der Waals surface area (Å²) >= 11 is 25.2. The van der Waals surface area contributed by atoms with Gasteiger partial charge in [0.05, 0.1) is 10.0 Å². The highest BCUT2D eigenvalue weighted by molar-refractivity contribution is 6.51. The van der Waals surface area contributed by atoms with Crippen LogP contribution in [0.1, 0.15) is 18.4 Å². The van der Waals surface area contributed by atoms with Crippen LogP contribution in [0.2, 0.25) is 20.1 Å². The maximum atomic E-state index is 10.7. The lowest BCUT2D eigenvalue weighted by atomic mass is 9.87. The number of benzene rings is 3. The summed E-state index contributed by atoms with van der Waals surface area (Å²) in [7, 11) is 0. The topological polar surface area (TPSA) is 41.9 Å². The van der Waals surface area contributed by atoms with Crippen molar-refractivity contribution in [2.45, 2.75) is 31.0 Å². The Bertz CT molecular complexity index is 1190. The van der Waals surface area contributed by atoms with E-state index in [-0.39, 0.29) is 22.3 Å². The van der Waals surface area contributed by atoms with Crippen LogP contribution in [0.5, 0.6) is 11.5 Å². The number of ether oxygens (including phenoxy) is 2. The lowest BCUT2D eigenvalue weighted by Crippen LogP contribution is -2.49. The van der Waals surface area contributed by atoms with Crippen molar-refractivity contribution in [3.63, 3.8) is 0 Å². The van der Waals surface area contributed by atoms with Gasteiger partial charge in [-0.1, -0.05) is 70.7 Å². The van der Waals surface area contributed by atoms with Crippen molar-refractivity contribution >= 4 is 57.2 Å². The van der Waals surface area contributed by atoms with Gasteiger partial charge in [-0.3, -0.25) is 0 Å². The van der Waals surface area contributed by atoms with E-state index in [2.05, 4.69) is 4.90 Å². The van der Waals surface area contributed by atoms with E-state index in [4.69, 9.17) is 55.9 Å². The first-order valence-corrected chi connectivity index (χ1v) is 12.4. The number of hydrogen-bond donors (Lipinski definition) is 1. The number of rotatable bonds is 5. The quantitative estimate of drug-likeness (QED) is 0.377. The number of likely N-dealkylation sites (tertiary alicyclic amines) is 1. The molecule has 0 saturated carbocycles. The summed E-state index contributed by atoms with van der Waals surface area (Å²) in [5, 5.41) is 13.8. The lowest BCUT2D eigenvalue weighted by molar-refractivity contribution is -0.00185. The molecule has 2 heterocycles. The fraction of sp³-hybridized carbons (Fsp3) is 0.360. The Labute approximate surface area is 212 Å². The average Bonchev–Trinajstić information content (AvgIpc) is 3.16. The van der Waals surface area contributed by atoms with Crippen LogP contribution >= 0.6 is 46.4 Å². The molecule has 2 aliphatic heterocycles. The van der Waals surface area contributed by atoms with Crippen molar-refractivity contribution in [1.82, 2.24) is 4.90 Å². The highest BCUT2D eigenvalue weighted by Gasteiger charge is 2.42. The second kappa shape index (κ2) is 9.33. The number of fused-ring (bicyclic) bond motifs is 2. The Kier molecular flexibility index (Phi) is 6.60. The third-order valence-electron chi connectivity index (χ3n) is 6.51. The van der Waals surface area contributed by atoms with Crippen LogP contribution in [0.4, 0.5) is 0 Å². The van der Waals surface area contributed by atoms with Crippen molar-refractivity contribution in [1.29, 1.82) is 0 Å². The summed E-state index contributed by atoms with van der Waals surface area (Å²) in [6, 6.07) is 13.3. The predicted molar refractivity (Wildman–Crippen MR) is 135 cm³/mol. The molecule has 174 valence electrons. The summed E-state index contributed by atoms with van der Waals surface area (Å²) in [5.41, 5.74) is 1.01. The molecule has 1 atom stereocenters. The van der Waals surface area contributed by atoms with E-state index in [0.717, 1.165) is 53.9 Å². The van der Waals surface area contributed by atoms with Gasteiger partial charge in [-0.15, -0.1) is 0 Å². The molecule has 1 spiro atoms. The number of aliphatic hydroxyl groups excluding tert-OH is 1. The highest BCUT2D eigenvalue weighted by atomic mass is 35.5. The number of β-amino-alcohol motifs (C(OH)–C–C–N with tert-alkyl or cyclic N) is 1. The van der Waals surface area contributed by atoms with Gasteiger partial charge in [-0.25, -0.2) is 0 Å². The van der Waals surface area contributed by atoms with Crippen LogP contribution in [0.15, 0.2) is 42.5 Å². The summed E-state index contributed by atoms with van der Waals surface area (Å²) in [4.78, 5) is 2.24. The van der Waals surface area contributed by atoms with Gasteiger partial charge in [-0.05, 0) is 23.8 Å². The van der Waals surface area contributed by atoms with Crippen LogP contribution in [-0.4, -0.2) is 48.0 Å². The van der Waals surface area contributed by atoms with Gasteiger partial charge < -0.3 is 19.5 Å². The van der Waals surface area contributed by atoms with Crippen LogP contribution in [0.3, 0.4) is 0 Å². The standard InChI is InChI=1S/C25H23Cl4NO3/c26-16-5-6-20-15(11-16)12-25(33-20)7-9-30(10-8-25)13-17(31)14-32-24-19-4-2-1-3-18(19)21(27)22(28)23(24)29/h1-6,11,17,31H,7-10,12-14H2. The van der Waals surface area contributed by atoms with E-state index in [0.29, 0.717) is 17.3 Å². The Morgan fingerprint density at radius 1 is 0.970 bits per heavy atom. The molecule has 0 bridgehead atoms. The number of nitrogens with zero attached hydrogens (tertiary/aromatic N) is 1. The zero-order chi connectivity index (χ0) is 23.2. The minimum atomic E-state index is -0.677. The molecule has 8 heteroatoms. The maximum Gasteiger partial charge on any atom is 0.147 e. The Hall–Kier alpha value is -1.40. The Morgan fingerprint density at radius 2 is 1.70 bits per heavy atom. The molecular formula is C25H23Cl4NO3. The van der Waals surface area contributed by atoms with E-state index in [9.17, 15) is 5.11 Å². The molecule has 2 aliphatic rings. The second-order valence-corrected chi connectivity index (χ2v) is 10.4. The molecular weight excluding hydrogens is 504 g/mol. The zero-order valence-electron chi connectivity index (χ0n) is 17.8. The van der Waals surface area contributed by atoms with Gasteiger partial charge in [0, 0.05) is 54.7 Å². The summed E-state index contributed by atoms with van der Waals surface area (Å²) in [6.45, 7) is 2.29. The predicted octanol–water partition coefficient (Wildman–Crippen LogP) is 6.66. The van der Waals surface area contributed by atoms with Crippen LogP contribution in [0.25, 0.3) is 10.8 Å². The van der Waals surface area contributed by atoms with Gasteiger partial charge in [0.25, 0.3) is 0 Å². The van der Waals surface area contributed by atoms with Crippen LogP contribution in [0, 0.1) is 0 Å². The van der Waals surface area contributed by atoms with E-state index < -0.39 is 6.10 Å². The number of aliphatic hydroxyl groups is 1. The third-order valence-corrected chi connectivity index (χ3v) is 8.07. The maximum absolute atomic E-state index is 10.7. The molecule has 0 aromatic heterocycles. The molecule has 0 amide bonds. The first-order valence-electron chi connectivity index (χ1n) is 10.9. The summed E-state index contributed by atoms with van der Waals surface area (Å²) < 4.78 is 12.3. The highest BCUT2D eigenvalue weighted by Crippen LogP contribution is 2.45. The molecule has 3 aromatic rings. The first kappa shape index (κ1) is 23.3. The molecule has 5 rings (SSSR count). The molecule has 4 nitrogen and oxygen atoms in total. The molecule has 1 unspecified atom stereocenters. The fourth-order valence-electron chi connectivity index (χ4n) is 4.80. The zero-order valence-corrected chi connectivity index (χ0v) is 20.8. The first-order chi connectivity index (χ1) is 15.8. The third kappa shape index (κ3) is 4.62. The van der Waals surface area contributed by atoms with Gasteiger partial charge in [0.15, 0.2) is 0 Å². The molecule has 1 saturated heterocycles. The smallest absolute Gasteiger partial charge is 0.147 e. The van der Waals surface area contributed by atoms with E-state index >= 15 is 0 Å².